The Balaban J connectivity index is 2.06. The summed E-state index contributed by atoms with van der Waals surface area (Å²) in [5.74, 6) is 0.551. The Morgan fingerprint density at radius 1 is 1.25 bits per heavy atom. The van der Waals surface area contributed by atoms with Crippen molar-refractivity contribution in [2.45, 2.75) is 51.3 Å². The highest BCUT2D eigenvalue weighted by atomic mass is 35.5. The molecule has 1 aromatic rings. The molecule has 1 amide bonds. The summed E-state index contributed by atoms with van der Waals surface area (Å²) in [6.07, 6.45) is 3.69. The van der Waals surface area contributed by atoms with Gasteiger partial charge in [0.2, 0.25) is 0 Å². The zero-order chi connectivity index (χ0) is 14.4. The van der Waals surface area contributed by atoms with Gasteiger partial charge < -0.3 is 4.74 Å². The van der Waals surface area contributed by atoms with Gasteiger partial charge in [0.25, 0.3) is 0 Å². The van der Waals surface area contributed by atoms with Crippen LogP contribution in [0.3, 0.4) is 0 Å². The number of unbranched alkanes of at least 4 members (excludes halogenated alkanes) is 1. The second-order valence-electron chi connectivity index (χ2n) is 5.22. The van der Waals surface area contributed by atoms with Crippen LogP contribution in [0.5, 0.6) is 0 Å². The van der Waals surface area contributed by atoms with Crippen LogP contribution < -0.4 is 0 Å². The number of hydrogen-bond donors (Lipinski definition) is 0. The lowest BCUT2D eigenvalue weighted by molar-refractivity contribution is 0.123. The predicted molar refractivity (Wildman–Crippen MR) is 80.9 cm³/mol. The fourth-order valence-electron chi connectivity index (χ4n) is 2.68. The van der Waals surface area contributed by atoms with Crippen LogP contribution in [0.15, 0.2) is 30.3 Å². The molecule has 3 nitrogen and oxygen atoms in total. The van der Waals surface area contributed by atoms with Crippen LogP contribution in [0.1, 0.15) is 38.2 Å². The van der Waals surface area contributed by atoms with Crippen LogP contribution in [0, 0.1) is 0 Å². The summed E-state index contributed by atoms with van der Waals surface area (Å²) in [6, 6.07) is 10.1. The molecule has 20 heavy (non-hydrogen) atoms. The topological polar surface area (TPSA) is 29.5 Å². The summed E-state index contributed by atoms with van der Waals surface area (Å²) < 4.78 is 5.54. The minimum atomic E-state index is -0.204. The van der Waals surface area contributed by atoms with Gasteiger partial charge in [0, 0.05) is 12.4 Å². The average Bonchev–Trinajstić information content (AvgIpc) is 2.75. The van der Waals surface area contributed by atoms with Gasteiger partial charge in [-0.1, -0.05) is 43.7 Å². The minimum absolute atomic E-state index is 0.00934. The summed E-state index contributed by atoms with van der Waals surface area (Å²) in [5.41, 5.74) is 1.13. The molecule has 1 aliphatic heterocycles. The van der Waals surface area contributed by atoms with E-state index >= 15 is 0 Å². The van der Waals surface area contributed by atoms with E-state index in [1.54, 1.807) is 0 Å². The van der Waals surface area contributed by atoms with Crippen molar-refractivity contribution in [1.29, 1.82) is 0 Å². The van der Waals surface area contributed by atoms with E-state index in [4.69, 9.17) is 16.3 Å². The maximum absolute atomic E-state index is 12.1. The molecule has 1 aliphatic rings. The van der Waals surface area contributed by atoms with Crippen molar-refractivity contribution in [1.82, 2.24) is 4.90 Å². The van der Waals surface area contributed by atoms with Gasteiger partial charge in [-0.25, -0.2) is 4.79 Å². The molecular formula is C16H22ClNO2. The number of nitrogens with zero attached hydrogens (tertiary/aromatic N) is 1. The number of ether oxygens (including phenoxy) is 1. The molecule has 1 aromatic carbocycles. The van der Waals surface area contributed by atoms with Gasteiger partial charge in [-0.2, -0.15) is 0 Å². The molecule has 0 aromatic heterocycles. The maximum Gasteiger partial charge on any atom is 0.410 e. The Hall–Kier alpha value is -1.22. The predicted octanol–water partition coefficient (Wildman–Crippen LogP) is 4.20. The number of alkyl halides is 1. The lowest BCUT2D eigenvalue weighted by Gasteiger charge is -2.24. The average molecular weight is 296 g/mol. The van der Waals surface area contributed by atoms with Gasteiger partial charge in [0.05, 0.1) is 6.04 Å². The van der Waals surface area contributed by atoms with Crippen molar-refractivity contribution < 1.29 is 9.53 Å². The van der Waals surface area contributed by atoms with Crippen LogP contribution >= 0.6 is 11.6 Å². The van der Waals surface area contributed by atoms with Crippen molar-refractivity contribution in [2.24, 2.45) is 0 Å². The Morgan fingerprint density at radius 2 is 2.00 bits per heavy atom. The molecule has 0 radical (unpaired) electrons. The molecule has 2 rings (SSSR count). The van der Waals surface area contributed by atoms with Gasteiger partial charge in [-0.3, -0.25) is 4.90 Å². The highest BCUT2D eigenvalue weighted by Gasteiger charge is 2.40. The SMILES string of the molecule is CCCC[C@@H]1OC(=O)N(Cc2ccccc2)[C@@H]1CCCl. The van der Waals surface area contributed by atoms with Crippen molar-refractivity contribution in [2.75, 3.05) is 5.88 Å². The van der Waals surface area contributed by atoms with Gasteiger partial charge >= 0.3 is 6.09 Å². The van der Waals surface area contributed by atoms with Gasteiger partial charge in [0.15, 0.2) is 0 Å². The number of cyclic esters (lactones) is 1. The first-order chi connectivity index (χ1) is 9.76. The number of rotatable bonds is 7. The second kappa shape index (κ2) is 7.53. The van der Waals surface area contributed by atoms with E-state index in [0.29, 0.717) is 12.4 Å². The molecule has 0 saturated carbocycles. The highest BCUT2D eigenvalue weighted by molar-refractivity contribution is 6.17. The fourth-order valence-corrected chi connectivity index (χ4v) is 2.91. The Labute approximate surface area is 125 Å². The molecule has 0 unspecified atom stereocenters. The van der Waals surface area contributed by atoms with Crippen molar-refractivity contribution >= 4 is 17.7 Å². The van der Waals surface area contributed by atoms with Gasteiger partial charge in [-0.05, 0) is 24.8 Å². The summed E-state index contributed by atoms with van der Waals surface area (Å²) in [6.45, 7) is 2.75. The molecule has 0 bridgehead atoms. The number of benzene rings is 1. The van der Waals surface area contributed by atoms with Crippen molar-refractivity contribution in [3.8, 4) is 0 Å². The summed E-state index contributed by atoms with van der Waals surface area (Å²) in [4.78, 5) is 13.9. The monoisotopic (exact) mass is 295 g/mol. The molecular weight excluding hydrogens is 274 g/mol. The Bertz CT molecular complexity index is 424. The first-order valence-corrected chi connectivity index (χ1v) is 7.86. The summed E-state index contributed by atoms with van der Waals surface area (Å²) in [5, 5.41) is 0. The van der Waals surface area contributed by atoms with Crippen LogP contribution in [-0.2, 0) is 11.3 Å². The van der Waals surface area contributed by atoms with Crippen LogP contribution in [0.25, 0.3) is 0 Å². The van der Waals surface area contributed by atoms with Gasteiger partial charge in [0.1, 0.15) is 6.10 Å². The Morgan fingerprint density at radius 3 is 2.65 bits per heavy atom. The smallest absolute Gasteiger partial charge is 0.410 e. The van der Waals surface area contributed by atoms with Crippen molar-refractivity contribution in [3.05, 3.63) is 35.9 Å². The number of carbonyl (C=O) groups excluding carboxylic acids is 1. The van der Waals surface area contributed by atoms with E-state index in [-0.39, 0.29) is 18.2 Å². The molecule has 4 heteroatoms. The van der Waals surface area contributed by atoms with E-state index < -0.39 is 0 Å². The van der Waals surface area contributed by atoms with E-state index in [0.717, 1.165) is 31.2 Å². The third-order valence-corrected chi connectivity index (χ3v) is 3.98. The van der Waals surface area contributed by atoms with Crippen LogP contribution in [0.2, 0.25) is 0 Å². The zero-order valence-corrected chi connectivity index (χ0v) is 12.7. The standard InChI is InChI=1S/C16H22ClNO2/c1-2-3-9-15-14(10-11-17)18(16(19)20-15)12-13-7-5-4-6-8-13/h4-8,14-15H,2-3,9-12H2,1H3/t14-,15+/m1/s1. The normalized spacial score (nSPS) is 22.1. The van der Waals surface area contributed by atoms with E-state index in [1.165, 1.54) is 0 Å². The summed E-state index contributed by atoms with van der Waals surface area (Å²) in [7, 11) is 0. The van der Waals surface area contributed by atoms with E-state index in [2.05, 4.69) is 6.92 Å². The van der Waals surface area contributed by atoms with Crippen molar-refractivity contribution in [3.63, 3.8) is 0 Å². The number of halogens is 1. The largest absolute Gasteiger partial charge is 0.444 e. The van der Waals surface area contributed by atoms with E-state index in [1.807, 2.05) is 35.2 Å². The first kappa shape index (κ1) is 15.2. The third kappa shape index (κ3) is 3.66. The Kier molecular flexibility index (Phi) is 5.72. The molecule has 0 aliphatic carbocycles. The van der Waals surface area contributed by atoms with Crippen LogP contribution in [-0.4, -0.2) is 29.0 Å². The summed E-state index contributed by atoms with van der Waals surface area (Å²) >= 11 is 5.90. The molecule has 1 fully saturated rings. The molecule has 110 valence electrons. The number of hydrogen-bond acceptors (Lipinski definition) is 2. The van der Waals surface area contributed by atoms with Gasteiger partial charge in [-0.15, -0.1) is 11.6 Å². The first-order valence-electron chi connectivity index (χ1n) is 7.33. The molecule has 1 heterocycles. The lowest BCUT2D eigenvalue weighted by Crippen LogP contribution is -2.36. The lowest BCUT2D eigenvalue weighted by atomic mass is 10.0. The van der Waals surface area contributed by atoms with Crippen LogP contribution in [0.4, 0.5) is 4.79 Å². The third-order valence-electron chi connectivity index (χ3n) is 3.76. The molecule has 0 spiro atoms. The maximum atomic E-state index is 12.1. The second-order valence-corrected chi connectivity index (χ2v) is 5.60. The highest BCUT2D eigenvalue weighted by Crippen LogP contribution is 2.28. The number of amides is 1. The zero-order valence-electron chi connectivity index (χ0n) is 11.9. The molecule has 1 saturated heterocycles. The van der Waals surface area contributed by atoms with E-state index in [9.17, 15) is 4.79 Å². The quantitative estimate of drug-likeness (QED) is 0.706. The fraction of sp³-hybridized carbons (Fsp3) is 0.562. The molecule has 2 atom stereocenters. The number of carbonyl (C=O) groups is 1. The molecule has 0 N–H and O–H groups in total. The minimum Gasteiger partial charge on any atom is -0.444 e.